The molecule has 21 heavy (non-hydrogen) atoms. The lowest BCUT2D eigenvalue weighted by Gasteiger charge is -2.18. The Balaban J connectivity index is 2.68. The summed E-state index contributed by atoms with van der Waals surface area (Å²) in [6.07, 6.45) is 5.88. The van der Waals surface area contributed by atoms with Gasteiger partial charge < -0.3 is 5.32 Å². The first kappa shape index (κ1) is 18.1. The third kappa shape index (κ3) is 5.41. The van der Waals surface area contributed by atoms with Gasteiger partial charge in [0.05, 0.1) is 6.20 Å². The van der Waals surface area contributed by atoms with Crippen molar-refractivity contribution in [3.8, 4) is 0 Å². The molecule has 7 heteroatoms. The Morgan fingerprint density at radius 2 is 2.05 bits per heavy atom. The molecule has 0 amide bonds. The highest BCUT2D eigenvalue weighted by atomic mass is 32.2. The first-order chi connectivity index (χ1) is 10.1. The van der Waals surface area contributed by atoms with Crippen LogP contribution in [-0.2, 0) is 16.6 Å². The number of nitrogens with zero attached hydrogens (tertiary/aromatic N) is 3. The third-order valence-corrected chi connectivity index (χ3v) is 5.28. The molecule has 1 aromatic heterocycles. The van der Waals surface area contributed by atoms with Gasteiger partial charge >= 0.3 is 0 Å². The van der Waals surface area contributed by atoms with E-state index in [4.69, 9.17) is 0 Å². The van der Waals surface area contributed by atoms with Gasteiger partial charge in [0.1, 0.15) is 4.90 Å². The minimum absolute atomic E-state index is 0.295. The molecule has 0 aromatic carbocycles. The molecule has 0 aliphatic heterocycles. The number of aromatic nitrogens is 2. The highest BCUT2D eigenvalue weighted by Gasteiger charge is 2.24. The van der Waals surface area contributed by atoms with Crippen LogP contribution >= 0.6 is 0 Å². The van der Waals surface area contributed by atoms with Crippen LogP contribution in [0.3, 0.4) is 0 Å². The fourth-order valence-corrected chi connectivity index (χ4v) is 3.52. The van der Waals surface area contributed by atoms with Crippen LogP contribution in [0.4, 0.5) is 0 Å². The summed E-state index contributed by atoms with van der Waals surface area (Å²) in [6, 6.07) is 0. The lowest BCUT2D eigenvalue weighted by Crippen LogP contribution is -2.31. The number of aryl methyl sites for hydroxylation is 1. The lowest BCUT2D eigenvalue weighted by atomic mass is 10.3. The molecule has 0 aliphatic rings. The standard InChI is InChI=1S/C14H28N4O2S/c1-4-7-11-18(6-3)21(19,20)14-12-16-17(13-14)10-8-9-15-5-2/h12-13,15H,4-11H2,1-3H3. The van der Waals surface area contributed by atoms with Crippen LogP contribution in [0, 0.1) is 0 Å². The predicted octanol–water partition coefficient (Wildman–Crippen LogP) is 1.69. The topological polar surface area (TPSA) is 67.2 Å². The van der Waals surface area contributed by atoms with Gasteiger partial charge in [0.2, 0.25) is 10.0 Å². The first-order valence-electron chi connectivity index (χ1n) is 7.79. The van der Waals surface area contributed by atoms with Crippen LogP contribution < -0.4 is 5.32 Å². The van der Waals surface area contributed by atoms with Gasteiger partial charge in [-0.1, -0.05) is 27.2 Å². The zero-order valence-electron chi connectivity index (χ0n) is 13.4. The number of unbranched alkanes of at least 4 members (excludes halogenated alkanes) is 1. The summed E-state index contributed by atoms with van der Waals surface area (Å²) in [6.45, 7) is 9.64. The molecule has 0 atom stereocenters. The molecule has 0 saturated heterocycles. The van der Waals surface area contributed by atoms with Gasteiger partial charge in [0.25, 0.3) is 0 Å². The monoisotopic (exact) mass is 316 g/mol. The van der Waals surface area contributed by atoms with E-state index in [-0.39, 0.29) is 0 Å². The van der Waals surface area contributed by atoms with Crippen LogP contribution in [0.1, 0.15) is 40.0 Å². The van der Waals surface area contributed by atoms with Gasteiger partial charge in [-0.15, -0.1) is 0 Å². The van der Waals surface area contributed by atoms with Crippen molar-refractivity contribution in [2.75, 3.05) is 26.2 Å². The lowest BCUT2D eigenvalue weighted by molar-refractivity contribution is 0.419. The van der Waals surface area contributed by atoms with E-state index in [0.29, 0.717) is 18.0 Å². The molecule has 0 saturated carbocycles. The molecule has 0 unspecified atom stereocenters. The summed E-state index contributed by atoms with van der Waals surface area (Å²) in [5.41, 5.74) is 0. The van der Waals surface area contributed by atoms with Crippen molar-refractivity contribution < 1.29 is 8.42 Å². The highest BCUT2D eigenvalue weighted by Crippen LogP contribution is 2.15. The molecule has 1 rings (SSSR count). The van der Waals surface area contributed by atoms with Crippen LogP contribution in [0.25, 0.3) is 0 Å². The normalized spacial score (nSPS) is 12.2. The van der Waals surface area contributed by atoms with Crippen LogP contribution in [-0.4, -0.2) is 48.7 Å². The van der Waals surface area contributed by atoms with E-state index >= 15 is 0 Å². The average Bonchev–Trinajstić information content (AvgIpc) is 2.94. The number of hydrogen-bond donors (Lipinski definition) is 1. The summed E-state index contributed by atoms with van der Waals surface area (Å²) in [4.78, 5) is 0.295. The summed E-state index contributed by atoms with van der Waals surface area (Å²) in [5, 5.41) is 7.40. The minimum atomic E-state index is -3.40. The van der Waals surface area contributed by atoms with E-state index in [1.165, 1.54) is 10.5 Å². The number of hydrogen-bond acceptors (Lipinski definition) is 4. The molecule has 0 radical (unpaired) electrons. The van der Waals surface area contributed by atoms with Crippen molar-refractivity contribution in [3.63, 3.8) is 0 Å². The average molecular weight is 316 g/mol. The van der Waals surface area contributed by atoms with Crippen molar-refractivity contribution in [1.29, 1.82) is 0 Å². The highest BCUT2D eigenvalue weighted by molar-refractivity contribution is 7.89. The second-order valence-corrected chi connectivity index (χ2v) is 6.93. The van der Waals surface area contributed by atoms with E-state index in [9.17, 15) is 8.42 Å². The Kier molecular flexibility index (Phi) is 7.92. The van der Waals surface area contributed by atoms with E-state index in [0.717, 1.165) is 38.9 Å². The molecular formula is C14H28N4O2S. The Bertz CT molecular complexity index is 499. The van der Waals surface area contributed by atoms with Crippen LogP contribution in [0.2, 0.25) is 0 Å². The van der Waals surface area contributed by atoms with Crippen molar-refractivity contribution in [1.82, 2.24) is 19.4 Å². The Morgan fingerprint density at radius 1 is 1.29 bits per heavy atom. The van der Waals surface area contributed by atoms with E-state index in [1.807, 2.05) is 6.92 Å². The Morgan fingerprint density at radius 3 is 2.67 bits per heavy atom. The van der Waals surface area contributed by atoms with Gasteiger partial charge in [-0.3, -0.25) is 4.68 Å². The largest absolute Gasteiger partial charge is 0.317 e. The maximum Gasteiger partial charge on any atom is 0.246 e. The maximum atomic E-state index is 12.5. The number of rotatable bonds is 11. The Hall–Kier alpha value is -0.920. The van der Waals surface area contributed by atoms with Gasteiger partial charge in [0, 0.05) is 25.8 Å². The summed E-state index contributed by atoms with van der Waals surface area (Å²) in [5.74, 6) is 0. The fourth-order valence-electron chi connectivity index (χ4n) is 2.07. The fraction of sp³-hybridized carbons (Fsp3) is 0.786. The molecular weight excluding hydrogens is 288 g/mol. The van der Waals surface area contributed by atoms with E-state index < -0.39 is 10.0 Å². The van der Waals surface area contributed by atoms with E-state index in [1.54, 1.807) is 10.9 Å². The van der Waals surface area contributed by atoms with Crippen molar-refractivity contribution >= 4 is 10.0 Å². The molecule has 0 aliphatic carbocycles. The van der Waals surface area contributed by atoms with Gasteiger partial charge in [0.15, 0.2) is 0 Å². The summed E-state index contributed by atoms with van der Waals surface area (Å²) < 4.78 is 28.3. The maximum absolute atomic E-state index is 12.5. The molecule has 0 bridgehead atoms. The van der Waals surface area contributed by atoms with Crippen LogP contribution in [0.15, 0.2) is 17.3 Å². The second kappa shape index (κ2) is 9.17. The van der Waals surface area contributed by atoms with Gasteiger partial charge in [-0.2, -0.15) is 9.40 Å². The second-order valence-electron chi connectivity index (χ2n) is 5.00. The summed E-state index contributed by atoms with van der Waals surface area (Å²) >= 11 is 0. The minimum Gasteiger partial charge on any atom is -0.317 e. The third-order valence-electron chi connectivity index (χ3n) is 3.35. The molecule has 1 heterocycles. The summed E-state index contributed by atoms with van der Waals surface area (Å²) in [7, 11) is -3.40. The van der Waals surface area contributed by atoms with Gasteiger partial charge in [-0.05, 0) is 25.9 Å². The number of sulfonamides is 1. The predicted molar refractivity (Wildman–Crippen MR) is 84.7 cm³/mol. The van der Waals surface area contributed by atoms with Crippen LogP contribution in [0.5, 0.6) is 0 Å². The zero-order chi connectivity index (χ0) is 15.7. The van der Waals surface area contributed by atoms with E-state index in [2.05, 4.69) is 24.3 Å². The molecule has 1 N–H and O–H groups in total. The van der Waals surface area contributed by atoms with Crippen molar-refractivity contribution in [2.24, 2.45) is 0 Å². The molecule has 0 spiro atoms. The number of nitrogens with one attached hydrogen (secondary N) is 1. The van der Waals surface area contributed by atoms with Gasteiger partial charge in [-0.25, -0.2) is 8.42 Å². The molecule has 6 nitrogen and oxygen atoms in total. The molecule has 122 valence electrons. The smallest absolute Gasteiger partial charge is 0.246 e. The SMILES string of the molecule is CCCCN(CC)S(=O)(=O)c1cnn(CCCNCC)c1. The van der Waals surface area contributed by atoms with Crippen molar-refractivity contribution in [2.45, 2.75) is 51.5 Å². The molecule has 0 fully saturated rings. The zero-order valence-corrected chi connectivity index (χ0v) is 14.2. The quantitative estimate of drug-likeness (QED) is 0.631. The molecule has 1 aromatic rings. The van der Waals surface area contributed by atoms with Crippen molar-refractivity contribution in [3.05, 3.63) is 12.4 Å². The first-order valence-corrected chi connectivity index (χ1v) is 9.23. The Labute approximate surface area is 128 Å².